The average Bonchev–Trinajstić information content (AvgIpc) is 2.21. The number of rotatable bonds is 4. The number of benzene rings is 1. The monoisotopic (exact) mass is 193 g/mol. The zero-order valence-electron chi connectivity index (χ0n) is 7.43. The van der Waals surface area contributed by atoms with Crippen LogP contribution in [0.1, 0.15) is 24.2 Å². The molecule has 68 valence electrons. The summed E-state index contributed by atoms with van der Waals surface area (Å²) in [6.45, 7) is 2.07. The molecule has 0 aromatic heterocycles. The lowest BCUT2D eigenvalue weighted by Crippen LogP contribution is -1.89. The van der Waals surface area contributed by atoms with Crippen molar-refractivity contribution in [3.8, 4) is 0 Å². The lowest BCUT2D eigenvalue weighted by Gasteiger charge is -2.09. The van der Waals surface area contributed by atoms with E-state index in [1.54, 1.807) is 6.08 Å². The van der Waals surface area contributed by atoms with Gasteiger partial charge >= 0.3 is 0 Å². The standard InChI is InChI=1S/C10H11NOS/c1-2-10(13-11-8-12)9-6-4-3-5-7-9/h3-7,10H,2H2,1H3. The molecule has 1 rings (SSSR count). The molecular weight excluding hydrogens is 182 g/mol. The largest absolute Gasteiger partial charge is 0.247 e. The van der Waals surface area contributed by atoms with Crippen molar-refractivity contribution in [2.75, 3.05) is 0 Å². The number of hydrogen-bond acceptors (Lipinski definition) is 3. The van der Waals surface area contributed by atoms with Gasteiger partial charge in [0.25, 0.3) is 0 Å². The van der Waals surface area contributed by atoms with Gasteiger partial charge in [0.1, 0.15) is 0 Å². The quantitative estimate of drug-likeness (QED) is 0.417. The molecule has 0 aliphatic heterocycles. The van der Waals surface area contributed by atoms with Crippen molar-refractivity contribution in [2.24, 2.45) is 4.40 Å². The van der Waals surface area contributed by atoms with Gasteiger partial charge in [0, 0.05) is 0 Å². The van der Waals surface area contributed by atoms with Crippen LogP contribution in [0.4, 0.5) is 0 Å². The van der Waals surface area contributed by atoms with E-state index in [-0.39, 0.29) is 5.25 Å². The van der Waals surface area contributed by atoms with Gasteiger partial charge in [-0.3, -0.25) is 0 Å². The summed E-state index contributed by atoms with van der Waals surface area (Å²) in [5.74, 6) is 0. The lowest BCUT2D eigenvalue weighted by atomic mass is 10.1. The van der Waals surface area contributed by atoms with Crippen LogP contribution in [0.2, 0.25) is 0 Å². The molecule has 1 atom stereocenters. The fraction of sp³-hybridized carbons (Fsp3) is 0.300. The zero-order valence-corrected chi connectivity index (χ0v) is 8.25. The van der Waals surface area contributed by atoms with Crippen LogP contribution >= 0.6 is 11.9 Å². The second-order valence-corrected chi connectivity index (χ2v) is 3.56. The lowest BCUT2D eigenvalue weighted by molar-refractivity contribution is 0.566. The van der Waals surface area contributed by atoms with Crippen molar-refractivity contribution < 1.29 is 4.79 Å². The number of nitrogens with zero attached hydrogens (tertiary/aromatic N) is 1. The molecule has 1 aromatic carbocycles. The maximum absolute atomic E-state index is 9.94. The van der Waals surface area contributed by atoms with Crippen LogP contribution in [0, 0.1) is 0 Å². The van der Waals surface area contributed by atoms with Crippen molar-refractivity contribution in [2.45, 2.75) is 18.6 Å². The first-order valence-corrected chi connectivity index (χ1v) is 5.00. The molecule has 0 N–H and O–H groups in total. The number of isocyanates is 1. The third kappa shape index (κ3) is 3.05. The van der Waals surface area contributed by atoms with Crippen LogP contribution in [0.3, 0.4) is 0 Å². The second kappa shape index (κ2) is 5.57. The van der Waals surface area contributed by atoms with Crippen molar-refractivity contribution >= 4 is 18.0 Å². The summed E-state index contributed by atoms with van der Waals surface area (Å²) >= 11 is 1.28. The Bertz CT molecular complexity index is 293. The Morgan fingerprint density at radius 1 is 1.46 bits per heavy atom. The molecular formula is C10H11NOS. The van der Waals surface area contributed by atoms with Crippen LogP contribution in [-0.4, -0.2) is 6.08 Å². The van der Waals surface area contributed by atoms with E-state index in [9.17, 15) is 4.79 Å². The van der Waals surface area contributed by atoms with Gasteiger partial charge in [-0.1, -0.05) is 37.3 Å². The molecule has 1 aromatic rings. The Morgan fingerprint density at radius 3 is 2.69 bits per heavy atom. The van der Waals surface area contributed by atoms with E-state index >= 15 is 0 Å². The van der Waals surface area contributed by atoms with Gasteiger partial charge in [0.05, 0.1) is 5.25 Å². The molecule has 0 spiro atoms. The Balaban J connectivity index is 2.72. The molecule has 0 bridgehead atoms. The molecule has 2 nitrogen and oxygen atoms in total. The van der Waals surface area contributed by atoms with Crippen LogP contribution in [0.15, 0.2) is 34.7 Å². The normalized spacial score (nSPS) is 11.8. The van der Waals surface area contributed by atoms with Gasteiger partial charge < -0.3 is 0 Å². The third-order valence-corrected chi connectivity index (χ3v) is 2.80. The molecule has 0 amide bonds. The molecule has 0 aliphatic carbocycles. The van der Waals surface area contributed by atoms with E-state index in [1.165, 1.54) is 17.5 Å². The Kier molecular flexibility index (Phi) is 4.30. The molecule has 0 aliphatic rings. The van der Waals surface area contributed by atoms with E-state index in [0.717, 1.165) is 6.42 Å². The molecule has 0 radical (unpaired) electrons. The van der Waals surface area contributed by atoms with Crippen LogP contribution < -0.4 is 0 Å². The zero-order chi connectivity index (χ0) is 9.52. The topological polar surface area (TPSA) is 29.4 Å². The summed E-state index contributed by atoms with van der Waals surface area (Å²) in [6.07, 6.45) is 2.50. The third-order valence-electron chi connectivity index (χ3n) is 1.76. The molecule has 3 heteroatoms. The van der Waals surface area contributed by atoms with E-state index in [4.69, 9.17) is 0 Å². The maximum atomic E-state index is 9.94. The van der Waals surface area contributed by atoms with Crippen molar-refractivity contribution in [3.05, 3.63) is 35.9 Å². The number of hydrogen-bond donors (Lipinski definition) is 0. The van der Waals surface area contributed by atoms with Gasteiger partial charge in [-0.2, -0.15) is 0 Å². The van der Waals surface area contributed by atoms with E-state index in [2.05, 4.69) is 11.3 Å². The van der Waals surface area contributed by atoms with Crippen molar-refractivity contribution in [1.29, 1.82) is 0 Å². The molecule has 0 heterocycles. The summed E-state index contributed by atoms with van der Waals surface area (Å²) in [7, 11) is 0. The fourth-order valence-electron chi connectivity index (χ4n) is 1.12. The Hall–Kier alpha value is -1.05. The number of carbonyl (C=O) groups excluding carboxylic acids is 1. The maximum Gasteiger partial charge on any atom is 0.247 e. The highest BCUT2D eigenvalue weighted by atomic mass is 32.2. The van der Waals surface area contributed by atoms with Gasteiger partial charge in [-0.25, -0.2) is 4.79 Å². The summed E-state index contributed by atoms with van der Waals surface area (Å²) in [5, 5.41) is 0.266. The van der Waals surface area contributed by atoms with E-state index in [0.29, 0.717) is 0 Å². The Labute approximate surface area is 82.2 Å². The second-order valence-electron chi connectivity index (χ2n) is 2.60. The smallest absolute Gasteiger partial charge is 0.210 e. The van der Waals surface area contributed by atoms with Crippen molar-refractivity contribution in [1.82, 2.24) is 0 Å². The van der Waals surface area contributed by atoms with Gasteiger partial charge in [0.15, 0.2) is 0 Å². The van der Waals surface area contributed by atoms with Gasteiger partial charge in [-0.15, -0.1) is 4.40 Å². The fourth-order valence-corrected chi connectivity index (χ4v) is 1.72. The highest BCUT2D eigenvalue weighted by molar-refractivity contribution is 7.98. The predicted octanol–water partition coefficient (Wildman–Crippen LogP) is 3.12. The summed E-state index contributed by atoms with van der Waals surface area (Å²) in [5.41, 5.74) is 1.20. The van der Waals surface area contributed by atoms with E-state index in [1.807, 2.05) is 30.3 Å². The summed E-state index contributed by atoms with van der Waals surface area (Å²) in [6, 6.07) is 10.0. The highest BCUT2D eigenvalue weighted by Crippen LogP contribution is 2.31. The molecule has 0 saturated carbocycles. The molecule has 1 unspecified atom stereocenters. The minimum atomic E-state index is 0.266. The first-order valence-electron chi connectivity index (χ1n) is 4.16. The van der Waals surface area contributed by atoms with Crippen molar-refractivity contribution in [3.63, 3.8) is 0 Å². The molecule has 0 saturated heterocycles. The van der Waals surface area contributed by atoms with Crippen LogP contribution in [-0.2, 0) is 4.79 Å². The summed E-state index contributed by atoms with van der Waals surface area (Å²) in [4.78, 5) is 9.94. The molecule has 0 fully saturated rings. The first-order chi connectivity index (χ1) is 6.38. The average molecular weight is 193 g/mol. The summed E-state index contributed by atoms with van der Waals surface area (Å²) < 4.78 is 3.53. The molecule has 13 heavy (non-hydrogen) atoms. The minimum absolute atomic E-state index is 0.266. The predicted molar refractivity (Wildman–Crippen MR) is 55.2 cm³/mol. The SMILES string of the molecule is CCC(SN=C=O)c1ccccc1. The Morgan fingerprint density at radius 2 is 2.15 bits per heavy atom. The van der Waals surface area contributed by atoms with Crippen LogP contribution in [0.25, 0.3) is 0 Å². The van der Waals surface area contributed by atoms with Gasteiger partial charge in [-0.05, 0) is 23.9 Å². The van der Waals surface area contributed by atoms with Crippen LogP contribution in [0.5, 0.6) is 0 Å². The minimum Gasteiger partial charge on any atom is -0.210 e. The van der Waals surface area contributed by atoms with Gasteiger partial charge in [0.2, 0.25) is 6.08 Å². The highest BCUT2D eigenvalue weighted by Gasteiger charge is 2.08. The first kappa shape index (κ1) is 10.0. The van der Waals surface area contributed by atoms with E-state index < -0.39 is 0 Å².